The van der Waals surface area contributed by atoms with Crippen LogP contribution in [0.3, 0.4) is 0 Å². The minimum absolute atomic E-state index is 0.0460. The molecule has 2 N–H and O–H groups in total. The lowest BCUT2D eigenvalue weighted by Gasteiger charge is -2.03. The molecule has 0 unspecified atom stereocenters. The first-order valence-corrected chi connectivity index (χ1v) is 7.92. The van der Waals surface area contributed by atoms with Crippen molar-refractivity contribution in [2.45, 2.75) is 26.3 Å². The van der Waals surface area contributed by atoms with E-state index in [4.69, 9.17) is 4.52 Å². The zero-order valence-corrected chi connectivity index (χ0v) is 13.7. The van der Waals surface area contributed by atoms with E-state index in [0.717, 1.165) is 22.9 Å². The van der Waals surface area contributed by atoms with E-state index in [1.807, 2.05) is 18.3 Å². The van der Waals surface area contributed by atoms with Gasteiger partial charge in [0.25, 0.3) is 0 Å². The number of hydrogen-bond donors (Lipinski definition) is 2. The van der Waals surface area contributed by atoms with Crippen molar-refractivity contribution in [2.24, 2.45) is 0 Å². The number of carbonyl (C=O) groups excluding carboxylic acids is 1. The van der Waals surface area contributed by atoms with E-state index in [2.05, 4.69) is 44.4 Å². The summed E-state index contributed by atoms with van der Waals surface area (Å²) in [6.07, 6.45) is 3.21. The van der Waals surface area contributed by atoms with Gasteiger partial charge in [0.2, 0.25) is 5.91 Å². The van der Waals surface area contributed by atoms with Crippen LogP contribution in [0.4, 0.5) is 0 Å². The van der Waals surface area contributed by atoms with Gasteiger partial charge in [0, 0.05) is 23.2 Å². The summed E-state index contributed by atoms with van der Waals surface area (Å²) in [5.74, 6) is 0.572. The van der Waals surface area contributed by atoms with E-state index >= 15 is 0 Å². The predicted molar refractivity (Wildman–Crippen MR) is 87.4 cm³/mol. The second-order valence-electron chi connectivity index (χ2n) is 5.08. The van der Waals surface area contributed by atoms with Crippen LogP contribution in [0.2, 0.25) is 0 Å². The number of aromatic amines is 1. The molecule has 6 heteroatoms. The van der Waals surface area contributed by atoms with E-state index in [9.17, 15) is 4.79 Å². The molecule has 3 rings (SSSR count). The van der Waals surface area contributed by atoms with Crippen molar-refractivity contribution in [3.63, 3.8) is 0 Å². The number of rotatable bonds is 5. The van der Waals surface area contributed by atoms with Crippen LogP contribution in [-0.2, 0) is 24.2 Å². The molecule has 0 fully saturated rings. The van der Waals surface area contributed by atoms with Gasteiger partial charge in [0.05, 0.1) is 13.0 Å². The summed E-state index contributed by atoms with van der Waals surface area (Å²) in [6, 6.07) is 7.91. The van der Waals surface area contributed by atoms with E-state index < -0.39 is 0 Å². The number of benzene rings is 1. The van der Waals surface area contributed by atoms with Crippen LogP contribution in [0.15, 0.2) is 39.6 Å². The van der Waals surface area contributed by atoms with Gasteiger partial charge in [0.1, 0.15) is 4.60 Å². The van der Waals surface area contributed by atoms with Crippen molar-refractivity contribution in [1.82, 2.24) is 15.5 Å². The van der Waals surface area contributed by atoms with Crippen LogP contribution in [0.1, 0.15) is 23.8 Å². The van der Waals surface area contributed by atoms with Crippen molar-refractivity contribution in [2.75, 3.05) is 0 Å². The smallest absolute Gasteiger partial charge is 0.224 e. The minimum atomic E-state index is -0.0460. The zero-order chi connectivity index (χ0) is 15.5. The Balaban J connectivity index is 1.69. The van der Waals surface area contributed by atoms with E-state index in [1.54, 1.807) is 6.07 Å². The maximum absolute atomic E-state index is 12.1. The van der Waals surface area contributed by atoms with E-state index in [-0.39, 0.29) is 5.91 Å². The highest BCUT2D eigenvalue weighted by atomic mass is 79.9. The molecule has 0 radical (unpaired) electrons. The van der Waals surface area contributed by atoms with Gasteiger partial charge in [-0.15, -0.1) is 0 Å². The molecule has 5 nitrogen and oxygen atoms in total. The van der Waals surface area contributed by atoms with Gasteiger partial charge in [-0.25, -0.2) is 0 Å². The summed E-state index contributed by atoms with van der Waals surface area (Å²) < 4.78 is 5.66. The Morgan fingerprint density at radius 3 is 3.00 bits per heavy atom. The molecule has 22 heavy (non-hydrogen) atoms. The van der Waals surface area contributed by atoms with Crippen molar-refractivity contribution >= 4 is 32.7 Å². The molecular formula is C16H16BrN3O2. The molecule has 0 bridgehead atoms. The van der Waals surface area contributed by atoms with Crippen molar-refractivity contribution in [3.05, 3.63) is 52.0 Å². The SMILES string of the molecule is CCc1cccc2c(CC(=O)NCc3cc(Br)no3)c[nH]c12. The topological polar surface area (TPSA) is 70.9 Å². The Labute approximate surface area is 136 Å². The summed E-state index contributed by atoms with van der Waals surface area (Å²) in [6.45, 7) is 2.46. The second kappa shape index (κ2) is 6.36. The summed E-state index contributed by atoms with van der Waals surface area (Å²) in [5.41, 5.74) is 3.38. The normalized spacial score (nSPS) is 11.0. The molecule has 1 aromatic carbocycles. The van der Waals surface area contributed by atoms with Crippen molar-refractivity contribution in [3.8, 4) is 0 Å². The van der Waals surface area contributed by atoms with Crippen LogP contribution in [0.5, 0.6) is 0 Å². The Morgan fingerprint density at radius 2 is 2.27 bits per heavy atom. The Morgan fingerprint density at radius 1 is 1.41 bits per heavy atom. The van der Waals surface area contributed by atoms with Gasteiger partial charge >= 0.3 is 0 Å². The summed E-state index contributed by atoms with van der Waals surface area (Å²) in [4.78, 5) is 15.4. The first kappa shape index (κ1) is 14.8. The van der Waals surface area contributed by atoms with Gasteiger partial charge in [-0.1, -0.05) is 30.3 Å². The number of halogens is 1. The van der Waals surface area contributed by atoms with Gasteiger partial charge in [-0.3, -0.25) is 4.79 Å². The maximum atomic E-state index is 12.1. The molecule has 0 spiro atoms. The predicted octanol–water partition coefficient (Wildman–Crippen LogP) is 3.34. The number of fused-ring (bicyclic) bond motifs is 1. The van der Waals surface area contributed by atoms with E-state index in [0.29, 0.717) is 23.3 Å². The molecule has 0 saturated heterocycles. The summed E-state index contributed by atoms with van der Waals surface area (Å²) in [7, 11) is 0. The van der Waals surface area contributed by atoms with Gasteiger partial charge in [-0.2, -0.15) is 0 Å². The lowest BCUT2D eigenvalue weighted by molar-refractivity contribution is -0.120. The molecule has 0 aliphatic heterocycles. The molecule has 114 valence electrons. The van der Waals surface area contributed by atoms with Gasteiger partial charge in [-0.05, 0) is 33.5 Å². The fourth-order valence-corrected chi connectivity index (χ4v) is 2.84. The average Bonchev–Trinajstić information content (AvgIpc) is 3.12. The number of carbonyl (C=O) groups is 1. The zero-order valence-electron chi connectivity index (χ0n) is 12.1. The number of aryl methyl sites for hydroxylation is 1. The summed E-state index contributed by atoms with van der Waals surface area (Å²) in [5, 5.41) is 7.66. The third-order valence-corrected chi connectivity index (χ3v) is 3.98. The molecule has 0 aliphatic rings. The fraction of sp³-hybridized carbons (Fsp3) is 0.250. The Kier molecular flexibility index (Phi) is 4.29. The highest BCUT2D eigenvalue weighted by Gasteiger charge is 2.11. The average molecular weight is 362 g/mol. The number of H-pyrrole nitrogens is 1. The van der Waals surface area contributed by atoms with Crippen LogP contribution < -0.4 is 5.32 Å². The first-order chi connectivity index (χ1) is 10.7. The van der Waals surface area contributed by atoms with Crippen LogP contribution in [0, 0.1) is 0 Å². The molecule has 0 atom stereocenters. The standard InChI is InChI=1S/C16H16BrN3O2/c1-2-10-4-3-5-13-11(8-19-16(10)13)6-15(21)18-9-12-7-14(17)20-22-12/h3-5,7-8,19H,2,6,9H2,1H3,(H,18,21). The molecule has 0 saturated carbocycles. The van der Waals surface area contributed by atoms with Crippen LogP contribution in [-0.4, -0.2) is 16.0 Å². The number of nitrogens with zero attached hydrogens (tertiary/aromatic N) is 1. The third kappa shape index (κ3) is 3.06. The Bertz CT molecular complexity index is 807. The lowest BCUT2D eigenvalue weighted by Crippen LogP contribution is -2.24. The fourth-order valence-electron chi connectivity index (χ4n) is 2.51. The maximum Gasteiger partial charge on any atom is 0.224 e. The molecule has 0 aliphatic carbocycles. The van der Waals surface area contributed by atoms with Crippen LogP contribution >= 0.6 is 15.9 Å². The molecule has 1 amide bonds. The van der Waals surface area contributed by atoms with E-state index in [1.165, 1.54) is 5.56 Å². The highest BCUT2D eigenvalue weighted by molar-refractivity contribution is 9.10. The molecule has 2 aromatic heterocycles. The number of aromatic nitrogens is 2. The van der Waals surface area contributed by atoms with Crippen molar-refractivity contribution < 1.29 is 9.32 Å². The molecular weight excluding hydrogens is 346 g/mol. The van der Waals surface area contributed by atoms with Gasteiger partial charge in [0.15, 0.2) is 5.76 Å². The summed E-state index contributed by atoms with van der Waals surface area (Å²) >= 11 is 3.21. The molecule has 3 aromatic rings. The number of hydrogen-bond acceptors (Lipinski definition) is 3. The monoisotopic (exact) mass is 361 g/mol. The quantitative estimate of drug-likeness (QED) is 0.731. The number of nitrogens with one attached hydrogen (secondary N) is 2. The first-order valence-electron chi connectivity index (χ1n) is 7.13. The number of amides is 1. The number of para-hydroxylation sites is 1. The third-order valence-electron chi connectivity index (χ3n) is 3.61. The Hall–Kier alpha value is -2.08. The molecule has 2 heterocycles. The largest absolute Gasteiger partial charge is 0.361 e. The van der Waals surface area contributed by atoms with Gasteiger partial charge < -0.3 is 14.8 Å². The second-order valence-corrected chi connectivity index (χ2v) is 5.89. The minimum Gasteiger partial charge on any atom is -0.361 e. The van der Waals surface area contributed by atoms with Crippen LogP contribution in [0.25, 0.3) is 10.9 Å². The van der Waals surface area contributed by atoms with Crippen molar-refractivity contribution in [1.29, 1.82) is 0 Å². The lowest BCUT2D eigenvalue weighted by atomic mass is 10.1. The highest BCUT2D eigenvalue weighted by Crippen LogP contribution is 2.22.